The Morgan fingerprint density at radius 3 is 2.56 bits per heavy atom. The number of ether oxygens (including phenoxy) is 2. The molecule has 124 valence electrons. The van der Waals surface area contributed by atoms with Crippen molar-refractivity contribution in [3.63, 3.8) is 0 Å². The molecule has 0 aliphatic carbocycles. The van der Waals surface area contributed by atoms with Crippen LogP contribution in [0.4, 0.5) is 5.69 Å². The van der Waals surface area contributed by atoms with E-state index in [-0.39, 0.29) is 5.91 Å². The number of nitrogens with one attached hydrogen (secondary N) is 1. The fourth-order valence-corrected chi connectivity index (χ4v) is 2.79. The number of hydrogen-bond donors (Lipinski definition) is 1. The van der Waals surface area contributed by atoms with Gasteiger partial charge in [-0.15, -0.1) is 0 Å². The molecule has 0 unspecified atom stereocenters. The summed E-state index contributed by atoms with van der Waals surface area (Å²) >= 11 is 0. The van der Waals surface area contributed by atoms with Crippen molar-refractivity contribution < 1.29 is 14.3 Å². The second-order valence-corrected chi connectivity index (χ2v) is 5.79. The topological polar surface area (TPSA) is 47.6 Å². The molecule has 3 aromatic carbocycles. The van der Waals surface area contributed by atoms with Crippen LogP contribution in [0.15, 0.2) is 66.7 Å². The Morgan fingerprint density at radius 2 is 1.68 bits per heavy atom. The maximum Gasteiger partial charge on any atom is 0.248 e. The van der Waals surface area contributed by atoms with Gasteiger partial charge in [-0.05, 0) is 40.6 Å². The Kier molecular flexibility index (Phi) is 4.09. The molecule has 1 amide bonds. The van der Waals surface area contributed by atoms with Gasteiger partial charge in [-0.3, -0.25) is 4.79 Å². The number of carbonyl (C=O) groups excluding carboxylic acids is 1. The number of hydrogen-bond acceptors (Lipinski definition) is 3. The van der Waals surface area contributed by atoms with Crippen molar-refractivity contribution in [2.45, 2.75) is 0 Å². The Morgan fingerprint density at radius 1 is 0.880 bits per heavy atom. The quantitative estimate of drug-likeness (QED) is 0.729. The third-order valence-corrected chi connectivity index (χ3v) is 4.01. The smallest absolute Gasteiger partial charge is 0.248 e. The lowest BCUT2D eigenvalue weighted by molar-refractivity contribution is -0.111. The molecule has 4 nitrogen and oxygen atoms in total. The molecule has 25 heavy (non-hydrogen) atoms. The third kappa shape index (κ3) is 3.48. The van der Waals surface area contributed by atoms with E-state index in [9.17, 15) is 4.79 Å². The maximum atomic E-state index is 12.1. The van der Waals surface area contributed by atoms with E-state index >= 15 is 0 Å². The zero-order valence-electron chi connectivity index (χ0n) is 13.6. The van der Waals surface area contributed by atoms with Crippen molar-refractivity contribution >= 4 is 28.4 Å². The molecule has 4 heteroatoms. The Labute approximate surface area is 145 Å². The van der Waals surface area contributed by atoms with Gasteiger partial charge in [-0.1, -0.05) is 36.4 Å². The van der Waals surface area contributed by atoms with E-state index in [1.165, 1.54) is 11.5 Å². The van der Waals surface area contributed by atoms with Crippen molar-refractivity contribution in [3.8, 4) is 11.5 Å². The molecular formula is C21H17NO3. The summed E-state index contributed by atoms with van der Waals surface area (Å²) in [7, 11) is 0. The highest BCUT2D eigenvalue weighted by Gasteiger charge is 2.12. The van der Waals surface area contributed by atoms with E-state index in [1.54, 1.807) is 24.3 Å². The van der Waals surface area contributed by atoms with Crippen molar-refractivity contribution in [3.05, 3.63) is 72.3 Å². The van der Waals surface area contributed by atoms with Crippen molar-refractivity contribution in [1.82, 2.24) is 0 Å². The second-order valence-electron chi connectivity index (χ2n) is 5.79. The number of rotatable bonds is 3. The van der Waals surface area contributed by atoms with Crippen LogP contribution in [0.1, 0.15) is 5.56 Å². The number of benzene rings is 3. The molecule has 1 heterocycles. The lowest BCUT2D eigenvalue weighted by atomic mass is 10.1. The van der Waals surface area contributed by atoms with Crippen LogP contribution in [-0.2, 0) is 4.79 Å². The normalized spacial score (nSPS) is 13.1. The van der Waals surface area contributed by atoms with E-state index in [0.29, 0.717) is 30.4 Å². The lowest BCUT2D eigenvalue weighted by Gasteiger charge is -2.18. The predicted octanol–water partition coefficient (Wildman–Crippen LogP) is 4.26. The summed E-state index contributed by atoms with van der Waals surface area (Å²) in [6.07, 6.45) is 3.33. The summed E-state index contributed by atoms with van der Waals surface area (Å²) in [5, 5.41) is 5.17. The van der Waals surface area contributed by atoms with Crippen LogP contribution in [0.5, 0.6) is 11.5 Å². The Bertz CT molecular complexity index is 962. The van der Waals surface area contributed by atoms with Crippen LogP contribution in [0, 0.1) is 0 Å². The van der Waals surface area contributed by atoms with Crippen LogP contribution < -0.4 is 14.8 Å². The summed E-state index contributed by atoms with van der Waals surface area (Å²) < 4.78 is 11.0. The number of anilines is 1. The molecular weight excluding hydrogens is 314 g/mol. The fourth-order valence-electron chi connectivity index (χ4n) is 2.79. The molecule has 0 fully saturated rings. The van der Waals surface area contributed by atoms with Gasteiger partial charge in [0.1, 0.15) is 13.2 Å². The van der Waals surface area contributed by atoms with Crippen LogP contribution in [0.3, 0.4) is 0 Å². The molecule has 0 atom stereocenters. The number of fused-ring (bicyclic) bond motifs is 2. The molecule has 1 N–H and O–H groups in total. The highest BCUT2D eigenvalue weighted by molar-refractivity contribution is 6.02. The first-order valence-corrected chi connectivity index (χ1v) is 8.15. The van der Waals surface area contributed by atoms with Crippen molar-refractivity contribution in [1.29, 1.82) is 0 Å². The molecule has 3 aromatic rings. The molecule has 1 aliphatic rings. The third-order valence-electron chi connectivity index (χ3n) is 4.01. The highest BCUT2D eigenvalue weighted by atomic mass is 16.6. The minimum absolute atomic E-state index is 0.190. The van der Waals surface area contributed by atoms with Gasteiger partial charge in [0.15, 0.2) is 11.5 Å². The van der Waals surface area contributed by atoms with Crippen LogP contribution in [0.25, 0.3) is 16.8 Å². The van der Waals surface area contributed by atoms with E-state index < -0.39 is 0 Å². The summed E-state index contributed by atoms with van der Waals surface area (Å²) in [6.45, 7) is 1.07. The first-order valence-electron chi connectivity index (χ1n) is 8.15. The average molecular weight is 331 g/mol. The van der Waals surface area contributed by atoms with Crippen LogP contribution >= 0.6 is 0 Å². The molecule has 0 spiro atoms. The molecule has 0 bridgehead atoms. The number of amides is 1. The Hall–Kier alpha value is -3.27. The van der Waals surface area contributed by atoms with E-state index in [2.05, 4.69) is 23.5 Å². The first kappa shape index (κ1) is 15.3. The minimum atomic E-state index is -0.190. The van der Waals surface area contributed by atoms with Crippen LogP contribution in [0.2, 0.25) is 0 Å². The Balaban J connectivity index is 1.46. The van der Waals surface area contributed by atoms with Crippen molar-refractivity contribution in [2.75, 3.05) is 18.5 Å². The SMILES string of the molecule is O=C(/C=C/c1ccc2ccccc2c1)Nc1ccc2c(c1)OCCO2. The summed E-state index contributed by atoms with van der Waals surface area (Å²) in [4.78, 5) is 12.1. The minimum Gasteiger partial charge on any atom is -0.486 e. The standard InChI is InChI=1S/C21H17NO3/c23-21(22-18-8-9-19-20(14-18)25-12-11-24-19)10-6-15-5-7-16-3-1-2-4-17(16)13-15/h1-10,13-14H,11-12H2,(H,22,23)/b10-6+. The van der Waals surface area contributed by atoms with E-state index in [4.69, 9.17) is 9.47 Å². The molecule has 0 saturated carbocycles. The molecule has 0 aromatic heterocycles. The van der Waals surface area contributed by atoms with Gasteiger partial charge in [0.25, 0.3) is 0 Å². The van der Waals surface area contributed by atoms with Crippen LogP contribution in [-0.4, -0.2) is 19.1 Å². The maximum absolute atomic E-state index is 12.1. The first-order chi connectivity index (χ1) is 12.3. The average Bonchev–Trinajstić information content (AvgIpc) is 2.66. The van der Waals surface area contributed by atoms with Gasteiger partial charge in [0, 0.05) is 17.8 Å². The zero-order valence-corrected chi connectivity index (χ0v) is 13.6. The monoisotopic (exact) mass is 331 g/mol. The predicted molar refractivity (Wildman–Crippen MR) is 99.0 cm³/mol. The van der Waals surface area contributed by atoms with Gasteiger partial charge in [-0.2, -0.15) is 0 Å². The highest BCUT2D eigenvalue weighted by Crippen LogP contribution is 2.32. The summed E-state index contributed by atoms with van der Waals surface area (Å²) in [6, 6.07) is 19.6. The van der Waals surface area contributed by atoms with Crippen molar-refractivity contribution in [2.24, 2.45) is 0 Å². The molecule has 0 saturated heterocycles. The number of carbonyl (C=O) groups is 1. The lowest BCUT2D eigenvalue weighted by Crippen LogP contribution is -2.16. The van der Waals surface area contributed by atoms with E-state index in [1.807, 2.05) is 24.3 Å². The van der Waals surface area contributed by atoms with E-state index in [0.717, 1.165) is 10.9 Å². The van der Waals surface area contributed by atoms with Gasteiger partial charge in [-0.25, -0.2) is 0 Å². The summed E-state index contributed by atoms with van der Waals surface area (Å²) in [5.41, 5.74) is 1.66. The molecule has 4 rings (SSSR count). The second kappa shape index (κ2) is 6.69. The van der Waals surface area contributed by atoms with Gasteiger partial charge in [0.05, 0.1) is 0 Å². The van der Waals surface area contributed by atoms with Gasteiger partial charge >= 0.3 is 0 Å². The fraction of sp³-hybridized carbons (Fsp3) is 0.0952. The zero-order chi connectivity index (χ0) is 17.1. The van der Waals surface area contributed by atoms with Gasteiger partial charge in [0.2, 0.25) is 5.91 Å². The molecule has 1 aliphatic heterocycles. The summed E-state index contributed by atoms with van der Waals surface area (Å²) in [5.74, 6) is 1.17. The largest absolute Gasteiger partial charge is 0.486 e. The molecule has 0 radical (unpaired) electrons. The van der Waals surface area contributed by atoms with Gasteiger partial charge < -0.3 is 14.8 Å².